The van der Waals surface area contributed by atoms with Gasteiger partial charge in [0.25, 0.3) is 11.6 Å². The molecule has 0 aliphatic carbocycles. The van der Waals surface area contributed by atoms with Gasteiger partial charge in [0.05, 0.1) is 18.1 Å². The molecule has 1 aromatic rings. The minimum absolute atomic E-state index is 0.0479. The van der Waals surface area contributed by atoms with E-state index in [0.717, 1.165) is 6.54 Å². The molecule has 0 heterocycles. The molecule has 1 aromatic carbocycles. The number of benzene rings is 1. The Hall–Kier alpha value is -2.19. The number of nitrogens with two attached hydrogens (primary N) is 1. The Morgan fingerprint density at radius 1 is 1.43 bits per heavy atom. The van der Waals surface area contributed by atoms with Gasteiger partial charge in [-0.3, -0.25) is 14.9 Å². The largest absolute Gasteiger partial charge is 0.399 e. The van der Waals surface area contributed by atoms with Crippen LogP contribution in [0.25, 0.3) is 0 Å². The van der Waals surface area contributed by atoms with Crippen molar-refractivity contribution in [2.45, 2.75) is 0 Å². The van der Waals surface area contributed by atoms with Crippen molar-refractivity contribution in [3.05, 3.63) is 33.9 Å². The third-order valence-electron chi connectivity index (χ3n) is 2.68. The van der Waals surface area contributed by atoms with Crippen LogP contribution in [0.2, 0.25) is 0 Å². The van der Waals surface area contributed by atoms with Crippen LogP contribution in [0.15, 0.2) is 18.2 Å². The molecule has 0 unspecified atom stereocenters. The van der Waals surface area contributed by atoms with E-state index < -0.39 is 10.8 Å². The van der Waals surface area contributed by atoms with Gasteiger partial charge in [-0.2, -0.15) is 0 Å². The Kier molecular flexibility index (Phi) is 6.57. The molecule has 116 valence electrons. The Bertz CT molecular complexity index is 505. The molecular formula is C13H20N4O4. The first-order chi connectivity index (χ1) is 9.91. The molecule has 0 aliphatic heterocycles. The van der Waals surface area contributed by atoms with E-state index in [1.807, 2.05) is 19.0 Å². The van der Waals surface area contributed by atoms with Crippen LogP contribution in [0.1, 0.15) is 10.4 Å². The van der Waals surface area contributed by atoms with Gasteiger partial charge in [-0.05, 0) is 26.2 Å². The molecule has 0 saturated heterocycles. The summed E-state index contributed by atoms with van der Waals surface area (Å²) in [6.07, 6.45) is 0. The van der Waals surface area contributed by atoms with Crippen molar-refractivity contribution in [2.24, 2.45) is 0 Å². The summed E-state index contributed by atoms with van der Waals surface area (Å²) in [4.78, 5) is 24.2. The second-order valence-corrected chi connectivity index (χ2v) is 4.71. The van der Waals surface area contributed by atoms with Crippen LogP contribution < -0.4 is 11.1 Å². The van der Waals surface area contributed by atoms with Crippen molar-refractivity contribution in [3.63, 3.8) is 0 Å². The predicted molar refractivity (Wildman–Crippen MR) is 79.2 cm³/mol. The van der Waals surface area contributed by atoms with E-state index in [-0.39, 0.29) is 17.8 Å². The lowest BCUT2D eigenvalue weighted by molar-refractivity contribution is -0.385. The van der Waals surface area contributed by atoms with E-state index in [2.05, 4.69) is 5.32 Å². The van der Waals surface area contributed by atoms with Gasteiger partial charge in [0.2, 0.25) is 0 Å². The maximum Gasteiger partial charge on any atom is 0.282 e. The summed E-state index contributed by atoms with van der Waals surface area (Å²) in [5.74, 6) is -0.537. The van der Waals surface area contributed by atoms with Gasteiger partial charge in [0.1, 0.15) is 5.56 Å². The first-order valence-electron chi connectivity index (χ1n) is 6.46. The Balaban J connectivity index is 2.49. The van der Waals surface area contributed by atoms with Gasteiger partial charge >= 0.3 is 0 Å². The zero-order valence-electron chi connectivity index (χ0n) is 12.2. The van der Waals surface area contributed by atoms with E-state index >= 15 is 0 Å². The molecule has 3 N–H and O–H groups in total. The Labute approximate surface area is 123 Å². The number of rotatable bonds is 8. The highest BCUT2D eigenvalue weighted by Crippen LogP contribution is 2.20. The van der Waals surface area contributed by atoms with Gasteiger partial charge in [0, 0.05) is 24.8 Å². The number of amides is 1. The predicted octanol–water partition coefficient (Wildman–Crippen LogP) is 0.485. The smallest absolute Gasteiger partial charge is 0.282 e. The van der Waals surface area contributed by atoms with Crippen LogP contribution >= 0.6 is 0 Å². The van der Waals surface area contributed by atoms with Gasteiger partial charge in [-0.1, -0.05) is 0 Å². The molecule has 21 heavy (non-hydrogen) atoms. The molecule has 0 bridgehead atoms. The summed E-state index contributed by atoms with van der Waals surface area (Å²) < 4.78 is 5.32. The van der Waals surface area contributed by atoms with Gasteiger partial charge in [0.15, 0.2) is 0 Å². The van der Waals surface area contributed by atoms with Crippen LogP contribution in [-0.2, 0) is 4.74 Å². The summed E-state index contributed by atoms with van der Waals surface area (Å²) >= 11 is 0. The fraction of sp³-hybridized carbons (Fsp3) is 0.462. The number of anilines is 1. The number of ether oxygens (including phenoxy) is 1. The number of likely N-dealkylation sites (N-methyl/N-ethyl adjacent to an activating group) is 1. The molecule has 0 fully saturated rings. The van der Waals surface area contributed by atoms with Crippen LogP contribution in [-0.4, -0.2) is 56.1 Å². The van der Waals surface area contributed by atoms with Crippen LogP contribution in [0.5, 0.6) is 0 Å². The molecule has 0 saturated carbocycles. The molecule has 0 spiro atoms. The second-order valence-electron chi connectivity index (χ2n) is 4.71. The molecule has 8 nitrogen and oxygen atoms in total. The highest BCUT2D eigenvalue weighted by Gasteiger charge is 2.19. The monoisotopic (exact) mass is 296 g/mol. The average Bonchev–Trinajstić information content (AvgIpc) is 2.41. The van der Waals surface area contributed by atoms with E-state index in [0.29, 0.717) is 18.9 Å². The van der Waals surface area contributed by atoms with Crippen molar-refractivity contribution in [2.75, 3.05) is 46.1 Å². The molecule has 1 amide bonds. The zero-order chi connectivity index (χ0) is 15.8. The van der Waals surface area contributed by atoms with Gasteiger partial charge < -0.3 is 20.7 Å². The number of nitro groups is 1. The fourth-order valence-corrected chi connectivity index (χ4v) is 1.58. The normalized spacial score (nSPS) is 10.6. The van der Waals surface area contributed by atoms with Gasteiger partial charge in [-0.25, -0.2) is 0 Å². The van der Waals surface area contributed by atoms with E-state index in [4.69, 9.17) is 10.5 Å². The van der Waals surface area contributed by atoms with Crippen LogP contribution in [0.4, 0.5) is 11.4 Å². The van der Waals surface area contributed by atoms with Crippen molar-refractivity contribution >= 4 is 17.3 Å². The maximum absolute atomic E-state index is 11.9. The molecule has 0 aromatic heterocycles. The first-order valence-corrected chi connectivity index (χ1v) is 6.46. The van der Waals surface area contributed by atoms with Crippen molar-refractivity contribution in [3.8, 4) is 0 Å². The minimum Gasteiger partial charge on any atom is -0.399 e. The van der Waals surface area contributed by atoms with E-state index in [9.17, 15) is 14.9 Å². The topological polar surface area (TPSA) is 111 Å². The Morgan fingerprint density at radius 2 is 2.14 bits per heavy atom. The second kappa shape index (κ2) is 8.18. The number of hydrogen-bond acceptors (Lipinski definition) is 6. The number of hydrogen-bond donors (Lipinski definition) is 2. The third-order valence-corrected chi connectivity index (χ3v) is 2.68. The molecule has 8 heteroatoms. The number of nitrogens with zero attached hydrogens (tertiary/aromatic N) is 2. The number of carbonyl (C=O) groups is 1. The summed E-state index contributed by atoms with van der Waals surface area (Å²) in [5.41, 5.74) is 5.54. The van der Waals surface area contributed by atoms with Crippen molar-refractivity contribution in [1.82, 2.24) is 10.2 Å². The van der Waals surface area contributed by atoms with Crippen molar-refractivity contribution < 1.29 is 14.5 Å². The minimum atomic E-state index is -0.609. The summed E-state index contributed by atoms with van der Waals surface area (Å²) in [7, 11) is 3.87. The van der Waals surface area contributed by atoms with Gasteiger partial charge in [-0.15, -0.1) is 0 Å². The van der Waals surface area contributed by atoms with Crippen LogP contribution in [0, 0.1) is 10.1 Å². The molecule has 1 rings (SSSR count). The van der Waals surface area contributed by atoms with Crippen LogP contribution in [0.3, 0.4) is 0 Å². The Morgan fingerprint density at radius 3 is 2.76 bits per heavy atom. The van der Waals surface area contributed by atoms with Crippen molar-refractivity contribution in [1.29, 1.82) is 0 Å². The maximum atomic E-state index is 11.9. The molecule has 0 radical (unpaired) electrons. The lowest BCUT2D eigenvalue weighted by Gasteiger charge is -2.10. The van der Waals surface area contributed by atoms with E-state index in [1.54, 1.807) is 0 Å². The zero-order valence-corrected chi connectivity index (χ0v) is 12.2. The fourth-order valence-electron chi connectivity index (χ4n) is 1.58. The summed E-state index contributed by atoms with van der Waals surface area (Å²) in [6, 6.07) is 3.90. The van der Waals surface area contributed by atoms with E-state index in [1.165, 1.54) is 18.2 Å². The highest BCUT2D eigenvalue weighted by atomic mass is 16.6. The summed E-state index contributed by atoms with van der Waals surface area (Å²) in [5, 5.41) is 13.4. The lowest BCUT2D eigenvalue weighted by Crippen LogP contribution is -2.29. The number of carbonyl (C=O) groups excluding carboxylic acids is 1. The SMILES string of the molecule is CN(C)CCOCCNC(=O)c1cc(N)ccc1[N+](=O)[O-]. The molecular weight excluding hydrogens is 276 g/mol. The molecule has 0 aliphatic rings. The summed E-state index contributed by atoms with van der Waals surface area (Å²) in [6.45, 7) is 1.96. The number of nitrogen functional groups attached to an aromatic ring is 1. The number of nitrogens with one attached hydrogen (secondary N) is 1. The average molecular weight is 296 g/mol. The first kappa shape index (κ1) is 16.9. The number of nitro benzene ring substituents is 1. The third kappa shape index (κ3) is 5.76. The molecule has 0 atom stereocenters. The highest BCUT2D eigenvalue weighted by molar-refractivity contribution is 5.99. The lowest BCUT2D eigenvalue weighted by atomic mass is 10.1. The quantitative estimate of drug-likeness (QED) is 0.312. The standard InChI is InChI=1S/C13H20N4O4/c1-16(2)6-8-21-7-5-15-13(18)11-9-10(14)3-4-12(11)17(19)20/h3-4,9H,5-8,14H2,1-2H3,(H,15,18).